The number of H-pyrrole nitrogens is 1. The summed E-state index contributed by atoms with van der Waals surface area (Å²) in [6.07, 6.45) is 2.06. The van der Waals surface area contributed by atoms with E-state index in [0.717, 1.165) is 21.4 Å². The maximum absolute atomic E-state index is 13.7. The summed E-state index contributed by atoms with van der Waals surface area (Å²) in [5, 5.41) is 12.7. The van der Waals surface area contributed by atoms with Crippen LogP contribution < -0.4 is 4.90 Å². The average molecular weight is 517 g/mol. The second-order valence-corrected chi connectivity index (χ2v) is 9.12. The molecule has 3 amide bonds. The predicted octanol–water partition coefficient (Wildman–Crippen LogP) is 4.75. The van der Waals surface area contributed by atoms with Crippen LogP contribution in [-0.2, 0) is 16.0 Å². The average Bonchev–Trinajstić information content (AvgIpc) is 3.45. The minimum Gasteiger partial charge on any atom is -0.361 e. The molecule has 0 saturated carbocycles. The van der Waals surface area contributed by atoms with Crippen LogP contribution in [0.5, 0.6) is 0 Å². The number of fused-ring (bicyclic) bond motifs is 1. The Hall–Kier alpha value is -4.50. The summed E-state index contributed by atoms with van der Waals surface area (Å²) in [5.74, 6) is -1.54. The van der Waals surface area contributed by atoms with E-state index in [4.69, 9.17) is 11.6 Å². The number of nitro benzene ring substituents is 1. The van der Waals surface area contributed by atoms with Gasteiger partial charge in [0.05, 0.1) is 17.0 Å². The monoisotopic (exact) mass is 516 g/mol. The number of hydrogen-bond donors (Lipinski definition) is 1. The van der Waals surface area contributed by atoms with E-state index in [-0.39, 0.29) is 24.2 Å². The minimum atomic E-state index is -1.06. The quantitative estimate of drug-likeness (QED) is 0.216. The molecule has 10 heteroatoms. The van der Waals surface area contributed by atoms with Gasteiger partial charge in [-0.2, -0.15) is 0 Å². The number of carbonyl (C=O) groups is 3. The number of halogens is 1. The van der Waals surface area contributed by atoms with Gasteiger partial charge >= 0.3 is 0 Å². The summed E-state index contributed by atoms with van der Waals surface area (Å²) in [5.41, 5.74) is 2.08. The molecule has 1 saturated heterocycles. The number of anilines is 1. The molecular formula is C27H21ClN4O5. The second kappa shape index (κ2) is 9.87. The predicted molar refractivity (Wildman–Crippen MR) is 138 cm³/mol. The topological polar surface area (TPSA) is 117 Å². The molecule has 4 aromatic rings. The molecule has 186 valence electrons. The number of nitrogens with zero attached hydrogens (tertiary/aromatic N) is 3. The summed E-state index contributed by atoms with van der Waals surface area (Å²) in [7, 11) is 0. The van der Waals surface area contributed by atoms with Crippen molar-refractivity contribution < 1.29 is 19.3 Å². The third-order valence-corrected chi connectivity index (χ3v) is 6.70. The molecule has 37 heavy (non-hydrogen) atoms. The number of hydrogen-bond acceptors (Lipinski definition) is 5. The van der Waals surface area contributed by atoms with Crippen LogP contribution in [0.25, 0.3) is 10.9 Å². The number of benzene rings is 3. The largest absolute Gasteiger partial charge is 0.361 e. The van der Waals surface area contributed by atoms with Gasteiger partial charge in [-0.15, -0.1) is 0 Å². The maximum Gasteiger partial charge on any atom is 0.270 e. The van der Waals surface area contributed by atoms with Crippen LogP contribution in [0, 0.1) is 10.1 Å². The van der Waals surface area contributed by atoms with E-state index >= 15 is 0 Å². The van der Waals surface area contributed by atoms with Crippen LogP contribution in [0.2, 0.25) is 5.02 Å². The number of non-ortho nitro benzene ring substituents is 1. The van der Waals surface area contributed by atoms with Gasteiger partial charge in [0.1, 0.15) is 6.04 Å². The summed E-state index contributed by atoms with van der Waals surface area (Å²) in [4.78, 5) is 56.4. The smallest absolute Gasteiger partial charge is 0.270 e. The van der Waals surface area contributed by atoms with Gasteiger partial charge in [-0.25, -0.2) is 4.90 Å². The van der Waals surface area contributed by atoms with Crippen molar-refractivity contribution in [1.82, 2.24) is 9.88 Å². The van der Waals surface area contributed by atoms with Crippen LogP contribution in [0.4, 0.5) is 11.4 Å². The van der Waals surface area contributed by atoms with Gasteiger partial charge < -0.3 is 9.88 Å². The van der Waals surface area contributed by atoms with Crippen molar-refractivity contribution in [1.29, 1.82) is 0 Å². The van der Waals surface area contributed by atoms with Gasteiger partial charge in [-0.05, 0) is 48.4 Å². The summed E-state index contributed by atoms with van der Waals surface area (Å²) in [6.45, 7) is 0.127. The van der Waals surface area contributed by atoms with Crippen molar-refractivity contribution in [3.8, 4) is 0 Å². The van der Waals surface area contributed by atoms with Gasteiger partial charge in [0.25, 0.3) is 17.5 Å². The normalized spacial score (nSPS) is 15.4. The number of aromatic nitrogens is 1. The number of nitrogens with one attached hydrogen (secondary N) is 1. The van der Waals surface area contributed by atoms with Gasteiger partial charge in [-0.1, -0.05) is 35.9 Å². The van der Waals surface area contributed by atoms with Gasteiger partial charge in [0, 0.05) is 46.4 Å². The number of imide groups is 1. The van der Waals surface area contributed by atoms with E-state index in [1.165, 1.54) is 29.2 Å². The minimum absolute atomic E-state index is 0.0679. The molecule has 0 bridgehead atoms. The van der Waals surface area contributed by atoms with Crippen molar-refractivity contribution in [2.45, 2.75) is 18.9 Å². The third kappa shape index (κ3) is 4.68. The van der Waals surface area contributed by atoms with Crippen LogP contribution >= 0.6 is 11.6 Å². The first-order chi connectivity index (χ1) is 17.8. The molecule has 3 aromatic carbocycles. The summed E-state index contributed by atoms with van der Waals surface area (Å²) < 4.78 is 0. The standard InChI is InChI=1S/C27H21ClN4O5/c28-19-8-10-20(11-9-19)31-25(33)15-24(27(31)35)30(26(34)17-4-3-5-21(14-17)32(36)37)13-12-18-16-29-23-7-2-1-6-22(18)23/h1-11,14,16,24,29H,12-13,15H2. The first kappa shape index (κ1) is 24.2. The Bertz CT molecular complexity index is 1530. The van der Waals surface area contributed by atoms with E-state index in [2.05, 4.69) is 4.98 Å². The lowest BCUT2D eigenvalue weighted by Gasteiger charge is -2.28. The first-order valence-corrected chi connectivity index (χ1v) is 11.9. The molecule has 0 spiro atoms. The highest BCUT2D eigenvalue weighted by Crippen LogP contribution is 2.29. The van der Waals surface area contributed by atoms with E-state index in [9.17, 15) is 24.5 Å². The molecule has 1 fully saturated rings. The van der Waals surface area contributed by atoms with Crippen molar-refractivity contribution in [2.24, 2.45) is 0 Å². The molecule has 1 aromatic heterocycles. The molecule has 1 unspecified atom stereocenters. The maximum atomic E-state index is 13.7. The first-order valence-electron chi connectivity index (χ1n) is 11.6. The molecule has 5 rings (SSSR count). The Morgan fingerprint density at radius 2 is 1.84 bits per heavy atom. The van der Waals surface area contributed by atoms with E-state index < -0.39 is 28.7 Å². The Morgan fingerprint density at radius 1 is 1.08 bits per heavy atom. The molecular weight excluding hydrogens is 496 g/mol. The Balaban J connectivity index is 1.48. The number of nitro groups is 1. The van der Waals surface area contributed by atoms with Crippen molar-refractivity contribution in [2.75, 3.05) is 11.4 Å². The molecule has 1 atom stereocenters. The fourth-order valence-electron chi connectivity index (χ4n) is 4.62. The van der Waals surface area contributed by atoms with Crippen molar-refractivity contribution in [3.63, 3.8) is 0 Å². The highest BCUT2D eigenvalue weighted by Gasteiger charge is 2.44. The van der Waals surface area contributed by atoms with E-state index in [1.54, 1.807) is 24.3 Å². The number of rotatable bonds is 7. The van der Waals surface area contributed by atoms with Crippen LogP contribution in [-0.4, -0.2) is 45.1 Å². The zero-order valence-corrected chi connectivity index (χ0v) is 20.2. The molecule has 2 heterocycles. The Morgan fingerprint density at radius 3 is 2.59 bits per heavy atom. The molecule has 0 aliphatic carbocycles. The SMILES string of the molecule is O=C1CC(N(CCc2c[nH]c3ccccc23)C(=O)c2cccc([N+](=O)[O-])c2)C(=O)N1c1ccc(Cl)cc1. The lowest BCUT2D eigenvalue weighted by molar-refractivity contribution is -0.384. The van der Waals surface area contributed by atoms with Crippen LogP contribution in [0.15, 0.2) is 79.0 Å². The van der Waals surface area contributed by atoms with Crippen molar-refractivity contribution in [3.05, 3.63) is 105 Å². The zero-order chi connectivity index (χ0) is 26.1. The molecule has 9 nitrogen and oxygen atoms in total. The highest BCUT2D eigenvalue weighted by atomic mass is 35.5. The van der Waals surface area contributed by atoms with E-state index in [1.807, 2.05) is 30.5 Å². The number of amides is 3. The number of aromatic amines is 1. The Kier molecular flexibility index (Phi) is 6.45. The summed E-state index contributed by atoms with van der Waals surface area (Å²) >= 11 is 5.95. The zero-order valence-electron chi connectivity index (χ0n) is 19.5. The Labute approximate surface area is 216 Å². The van der Waals surface area contributed by atoms with Gasteiger partial charge in [-0.3, -0.25) is 24.5 Å². The number of carbonyl (C=O) groups excluding carboxylic acids is 3. The van der Waals surface area contributed by atoms with Gasteiger partial charge in [0.15, 0.2) is 0 Å². The fourth-order valence-corrected chi connectivity index (χ4v) is 4.74. The van der Waals surface area contributed by atoms with Crippen molar-refractivity contribution >= 4 is 51.6 Å². The third-order valence-electron chi connectivity index (χ3n) is 6.45. The lowest BCUT2D eigenvalue weighted by atomic mass is 10.1. The summed E-state index contributed by atoms with van der Waals surface area (Å²) in [6, 6.07) is 18.3. The van der Waals surface area contributed by atoms with Gasteiger partial charge in [0.2, 0.25) is 5.91 Å². The van der Waals surface area contributed by atoms with Crippen LogP contribution in [0.3, 0.4) is 0 Å². The number of para-hydroxylation sites is 1. The highest BCUT2D eigenvalue weighted by molar-refractivity contribution is 6.31. The molecule has 1 aliphatic heterocycles. The molecule has 0 radical (unpaired) electrons. The molecule has 1 aliphatic rings. The van der Waals surface area contributed by atoms with Crippen LogP contribution in [0.1, 0.15) is 22.3 Å². The second-order valence-electron chi connectivity index (χ2n) is 8.68. The molecule has 1 N–H and O–H groups in total. The lowest BCUT2D eigenvalue weighted by Crippen LogP contribution is -2.46. The van der Waals surface area contributed by atoms with E-state index in [0.29, 0.717) is 17.1 Å². The fraction of sp³-hybridized carbons (Fsp3) is 0.148.